The Bertz CT molecular complexity index is 1080. The van der Waals surface area contributed by atoms with Gasteiger partial charge in [-0.05, 0) is 63.1 Å². The molecule has 0 saturated carbocycles. The van der Waals surface area contributed by atoms with Crippen LogP contribution in [0.15, 0.2) is 51.8 Å². The normalized spacial score (nSPS) is 14.9. The predicted octanol–water partition coefficient (Wildman–Crippen LogP) is 4.02. The molecule has 146 valence electrons. The van der Waals surface area contributed by atoms with Gasteiger partial charge < -0.3 is 9.84 Å². The van der Waals surface area contributed by atoms with Crippen LogP contribution in [0.2, 0.25) is 0 Å². The average Bonchev–Trinajstić information content (AvgIpc) is 2.95. The molecule has 29 heavy (non-hydrogen) atoms. The summed E-state index contributed by atoms with van der Waals surface area (Å²) < 4.78 is 5.66. The molecule has 1 heterocycles. The van der Waals surface area contributed by atoms with Gasteiger partial charge in [0, 0.05) is 0 Å². The van der Waals surface area contributed by atoms with Gasteiger partial charge in [-0.1, -0.05) is 24.3 Å². The smallest absolute Gasteiger partial charge is 0.341 e. The number of hydrogen-bond acceptors (Lipinski definition) is 6. The van der Waals surface area contributed by atoms with Crippen molar-refractivity contribution >= 4 is 50.9 Å². The van der Waals surface area contributed by atoms with Crippen LogP contribution in [0.4, 0.5) is 4.79 Å². The highest BCUT2D eigenvalue weighted by Gasteiger charge is 2.35. The second-order valence-electron chi connectivity index (χ2n) is 5.91. The third-order valence-corrected chi connectivity index (χ3v) is 5.47. The number of hydrogen-bond donors (Lipinski definition) is 1. The highest BCUT2D eigenvalue weighted by Crippen LogP contribution is 2.35. The third kappa shape index (κ3) is 4.85. The second-order valence-corrected chi connectivity index (χ2v) is 7.76. The first-order valence-corrected chi connectivity index (χ1v) is 9.87. The number of aliphatic carboxylic acids is 1. The Kier molecular flexibility index (Phi) is 6.36. The van der Waals surface area contributed by atoms with Crippen molar-refractivity contribution < 1.29 is 24.2 Å². The van der Waals surface area contributed by atoms with Crippen LogP contribution in [-0.4, -0.2) is 33.7 Å². The molecule has 0 aromatic heterocycles. The van der Waals surface area contributed by atoms with Crippen LogP contribution in [0, 0.1) is 11.3 Å². The van der Waals surface area contributed by atoms with Crippen LogP contribution < -0.4 is 4.74 Å². The van der Waals surface area contributed by atoms with E-state index in [1.165, 1.54) is 0 Å². The van der Waals surface area contributed by atoms with E-state index in [0.717, 1.165) is 16.7 Å². The largest absolute Gasteiger partial charge is 0.481 e. The number of nitrogens with zero attached hydrogens (tertiary/aromatic N) is 2. The van der Waals surface area contributed by atoms with Gasteiger partial charge in [-0.25, -0.2) is 4.79 Å². The van der Waals surface area contributed by atoms with Crippen molar-refractivity contribution in [2.45, 2.75) is 6.54 Å². The van der Waals surface area contributed by atoms with E-state index >= 15 is 0 Å². The third-order valence-electron chi connectivity index (χ3n) is 3.94. The van der Waals surface area contributed by atoms with E-state index in [2.05, 4.69) is 22.0 Å². The average molecular weight is 473 g/mol. The highest BCUT2D eigenvalue weighted by atomic mass is 79.9. The van der Waals surface area contributed by atoms with Crippen LogP contribution in [0.1, 0.15) is 16.7 Å². The van der Waals surface area contributed by atoms with Crippen LogP contribution in [0.3, 0.4) is 0 Å². The van der Waals surface area contributed by atoms with E-state index < -0.39 is 23.7 Å². The number of carbonyl (C=O) groups excluding carboxylic acids is 2. The number of carboxylic acids is 1. The Morgan fingerprint density at radius 1 is 1.28 bits per heavy atom. The lowest BCUT2D eigenvalue weighted by atomic mass is 10.1. The van der Waals surface area contributed by atoms with Crippen LogP contribution in [0.25, 0.3) is 6.08 Å². The van der Waals surface area contributed by atoms with Crippen LogP contribution >= 0.6 is 27.7 Å². The molecule has 0 bridgehead atoms. The second kappa shape index (κ2) is 8.94. The molecule has 0 aliphatic carbocycles. The van der Waals surface area contributed by atoms with Crippen molar-refractivity contribution in [3.63, 3.8) is 0 Å². The fraction of sp³-hybridized carbons (Fsp3) is 0.100. The van der Waals surface area contributed by atoms with Gasteiger partial charge in [0.15, 0.2) is 6.61 Å². The highest BCUT2D eigenvalue weighted by molar-refractivity contribution is 9.10. The maximum atomic E-state index is 12.7. The topological polar surface area (TPSA) is 108 Å². The Labute approximate surface area is 178 Å². The summed E-state index contributed by atoms with van der Waals surface area (Å²) >= 11 is 4.12. The van der Waals surface area contributed by atoms with Crippen molar-refractivity contribution in [2.24, 2.45) is 0 Å². The maximum absolute atomic E-state index is 12.7. The summed E-state index contributed by atoms with van der Waals surface area (Å²) in [5.41, 5.74) is 1.65. The number of thioether (sulfide) groups is 1. The Balaban J connectivity index is 1.78. The van der Waals surface area contributed by atoms with Crippen LogP contribution in [-0.2, 0) is 16.1 Å². The lowest BCUT2D eigenvalue weighted by Gasteiger charge is -2.13. The minimum atomic E-state index is -1.09. The van der Waals surface area contributed by atoms with Gasteiger partial charge in [-0.3, -0.25) is 14.5 Å². The number of imide groups is 1. The summed E-state index contributed by atoms with van der Waals surface area (Å²) in [6, 6.07) is 13.8. The fourth-order valence-corrected chi connectivity index (χ4v) is 3.94. The zero-order valence-corrected chi connectivity index (χ0v) is 17.2. The van der Waals surface area contributed by atoms with Crippen molar-refractivity contribution in [1.29, 1.82) is 5.26 Å². The van der Waals surface area contributed by atoms with E-state index in [0.29, 0.717) is 26.9 Å². The molecule has 0 spiro atoms. The lowest BCUT2D eigenvalue weighted by molar-refractivity contribution is -0.139. The zero-order valence-electron chi connectivity index (χ0n) is 14.8. The van der Waals surface area contributed by atoms with Crippen LogP contribution in [0.5, 0.6) is 5.75 Å². The molecule has 1 aliphatic rings. The molecule has 1 fully saturated rings. The molecule has 2 aromatic rings. The van der Waals surface area contributed by atoms with Gasteiger partial charge in [0.05, 0.1) is 27.6 Å². The zero-order chi connectivity index (χ0) is 21.0. The molecule has 0 atom stereocenters. The predicted molar refractivity (Wildman–Crippen MR) is 110 cm³/mol. The first kappa shape index (κ1) is 20.6. The summed E-state index contributed by atoms with van der Waals surface area (Å²) in [4.78, 5) is 37.0. The monoisotopic (exact) mass is 472 g/mol. The molecule has 1 aliphatic heterocycles. The molecule has 1 N–H and O–H groups in total. The summed E-state index contributed by atoms with van der Waals surface area (Å²) in [5, 5.41) is 17.5. The van der Waals surface area contributed by atoms with Gasteiger partial charge in [0.1, 0.15) is 5.75 Å². The van der Waals surface area contributed by atoms with E-state index in [4.69, 9.17) is 9.84 Å². The molecule has 2 amide bonds. The summed E-state index contributed by atoms with van der Waals surface area (Å²) in [7, 11) is 0. The van der Waals surface area contributed by atoms with Gasteiger partial charge in [-0.2, -0.15) is 5.26 Å². The fourth-order valence-electron chi connectivity index (χ4n) is 2.59. The van der Waals surface area contributed by atoms with Gasteiger partial charge in [0.25, 0.3) is 11.1 Å². The number of amides is 2. The Hall–Kier alpha value is -3.09. The number of nitriles is 1. The van der Waals surface area contributed by atoms with E-state index in [1.807, 2.05) is 0 Å². The summed E-state index contributed by atoms with van der Waals surface area (Å²) in [6.07, 6.45) is 1.58. The van der Waals surface area contributed by atoms with Crippen molar-refractivity contribution in [2.75, 3.05) is 6.61 Å². The van der Waals surface area contributed by atoms with Crippen molar-refractivity contribution in [1.82, 2.24) is 4.90 Å². The Morgan fingerprint density at radius 3 is 2.72 bits per heavy atom. The van der Waals surface area contributed by atoms with E-state index in [-0.39, 0.29) is 11.4 Å². The SMILES string of the molecule is N#Cc1ccccc1CN1C(=O)S/C(=C/c2ccc(OCC(=O)O)c(Br)c2)C1=O. The minimum absolute atomic E-state index is 0.0252. The molecule has 2 aromatic carbocycles. The first-order valence-electron chi connectivity index (χ1n) is 8.26. The standard InChI is InChI=1S/C20H13BrN2O5S/c21-15-7-12(5-6-16(15)28-11-18(24)25)8-17-19(26)23(20(27)29-17)10-14-4-2-1-3-13(14)9-22/h1-8H,10-11H2,(H,24,25)/b17-8+. The Morgan fingerprint density at radius 2 is 2.03 bits per heavy atom. The number of rotatable bonds is 6. The number of benzene rings is 2. The first-order chi connectivity index (χ1) is 13.9. The quantitative estimate of drug-likeness (QED) is 0.632. The molecular weight excluding hydrogens is 460 g/mol. The molecule has 3 rings (SSSR count). The minimum Gasteiger partial charge on any atom is -0.481 e. The van der Waals surface area contributed by atoms with Crippen molar-refractivity contribution in [3.8, 4) is 11.8 Å². The summed E-state index contributed by atoms with van der Waals surface area (Å²) in [6.45, 7) is -0.446. The number of carboxylic acid groups (broad SMARTS) is 1. The molecule has 0 unspecified atom stereocenters. The molecule has 0 radical (unpaired) electrons. The van der Waals surface area contributed by atoms with Gasteiger partial charge in [-0.15, -0.1) is 0 Å². The number of halogens is 1. The number of carbonyl (C=O) groups is 3. The lowest BCUT2D eigenvalue weighted by Crippen LogP contribution is -2.27. The van der Waals surface area contributed by atoms with E-state index in [1.54, 1.807) is 48.5 Å². The maximum Gasteiger partial charge on any atom is 0.341 e. The molecule has 9 heteroatoms. The van der Waals surface area contributed by atoms with E-state index in [9.17, 15) is 19.6 Å². The summed E-state index contributed by atoms with van der Waals surface area (Å²) in [5.74, 6) is -1.17. The van der Waals surface area contributed by atoms with Gasteiger partial charge >= 0.3 is 5.97 Å². The molecule has 1 saturated heterocycles. The number of ether oxygens (including phenoxy) is 1. The van der Waals surface area contributed by atoms with Gasteiger partial charge in [0.2, 0.25) is 0 Å². The van der Waals surface area contributed by atoms with Crippen molar-refractivity contribution in [3.05, 3.63) is 68.5 Å². The molecule has 7 nitrogen and oxygen atoms in total. The molecular formula is C20H13BrN2O5S.